The minimum atomic E-state index is -0.984. The second-order valence-corrected chi connectivity index (χ2v) is 14.6. The standard InChI is InChI=1S/C49H30O8/c1-22-42(50)40-37(33-21-25-15-14-23-8-2-4-10-27(23)35(25)30-13-7-6-12-29(30)33)41-39(45(53)47(55)48(56)46(41)54)36(38(40)44(52)43(22)51)26-17-19-34-32(20-26)31-18-16-24-9-3-5-11-28(24)49(31)57-34/h2-21,50-56H,1H3. The van der Waals surface area contributed by atoms with Gasteiger partial charge in [-0.3, -0.25) is 0 Å². The van der Waals surface area contributed by atoms with Gasteiger partial charge < -0.3 is 40.2 Å². The predicted octanol–water partition coefficient (Wildman–Crippen LogP) is 12.1. The number of benzene rings is 10. The van der Waals surface area contributed by atoms with E-state index in [4.69, 9.17) is 4.42 Å². The Morgan fingerprint density at radius 3 is 1.63 bits per heavy atom. The number of hydrogen-bond donors (Lipinski definition) is 7. The van der Waals surface area contributed by atoms with Gasteiger partial charge >= 0.3 is 0 Å². The van der Waals surface area contributed by atoms with Crippen LogP contribution in [-0.4, -0.2) is 35.7 Å². The minimum absolute atomic E-state index is 0.0301. The number of phenolic OH excluding ortho intramolecular Hbond substituents is 7. The minimum Gasteiger partial charge on any atom is -0.507 e. The second kappa shape index (κ2) is 11.3. The summed E-state index contributed by atoms with van der Waals surface area (Å²) in [6, 6.07) is 38.6. The summed E-state index contributed by atoms with van der Waals surface area (Å²) in [6.07, 6.45) is 0. The zero-order chi connectivity index (χ0) is 39.0. The van der Waals surface area contributed by atoms with E-state index >= 15 is 0 Å². The van der Waals surface area contributed by atoms with E-state index in [0.29, 0.717) is 33.1 Å². The number of rotatable bonds is 2. The molecule has 0 bridgehead atoms. The van der Waals surface area contributed by atoms with Crippen LogP contribution >= 0.6 is 0 Å². The van der Waals surface area contributed by atoms with Crippen molar-refractivity contribution in [1.29, 1.82) is 0 Å². The Morgan fingerprint density at radius 1 is 0.368 bits per heavy atom. The van der Waals surface area contributed by atoms with Gasteiger partial charge in [-0.25, -0.2) is 0 Å². The molecular weight excluding hydrogens is 717 g/mol. The van der Waals surface area contributed by atoms with Gasteiger partial charge in [0.2, 0.25) is 11.5 Å². The van der Waals surface area contributed by atoms with Crippen LogP contribution in [0.1, 0.15) is 5.56 Å². The van der Waals surface area contributed by atoms with Crippen LogP contribution in [0.5, 0.6) is 40.2 Å². The molecule has 8 heteroatoms. The lowest BCUT2D eigenvalue weighted by Gasteiger charge is -2.24. The summed E-state index contributed by atoms with van der Waals surface area (Å²) in [5, 5.41) is 90.5. The maximum atomic E-state index is 12.2. The fraction of sp³-hybridized carbons (Fsp3) is 0.0204. The second-order valence-electron chi connectivity index (χ2n) is 14.6. The van der Waals surface area contributed by atoms with Gasteiger partial charge in [0.15, 0.2) is 23.0 Å². The largest absolute Gasteiger partial charge is 0.507 e. The summed E-state index contributed by atoms with van der Waals surface area (Å²) in [5.74, 6) is -5.07. The summed E-state index contributed by atoms with van der Waals surface area (Å²) < 4.78 is 6.37. The van der Waals surface area contributed by atoms with Gasteiger partial charge in [0.25, 0.3) is 0 Å². The number of furan rings is 1. The fourth-order valence-electron chi connectivity index (χ4n) is 9.06. The van der Waals surface area contributed by atoms with Crippen LogP contribution in [0, 0.1) is 6.92 Å². The van der Waals surface area contributed by atoms with E-state index < -0.39 is 40.2 Å². The molecule has 0 saturated heterocycles. The summed E-state index contributed by atoms with van der Waals surface area (Å²) >= 11 is 0. The summed E-state index contributed by atoms with van der Waals surface area (Å²) in [4.78, 5) is 0. The highest BCUT2D eigenvalue weighted by Crippen LogP contribution is 2.61. The Kier molecular flexibility index (Phi) is 6.49. The highest BCUT2D eigenvalue weighted by atomic mass is 16.3. The van der Waals surface area contributed by atoms with E-state index in [-0.39, 0.29) is 38.2 Å². The predicted molar refractivity (Wildman–Crippen MR) is 226 cm³/mol. The average molecular weight is 747 g/mol. The molecule has 11 rings (SSSR count). The lowest BCUT2D eigenvalue weighted by atomic mass is 9.81. The van der Waals surface area contributed by atoms with E-state index in [9.17, 15) is 35.7 Å². The normalized spacial score (nSPS) is 12.1. The third-order valence-electron chi connectivity index (χ3n) is 11.7. The molecule has 0 spiro atoms. The first-order valence-electron chi connectivity index (χ1n) is 18.3. The van der Waals surface area contributed by atoms with Crippen LogP contribution in [0.3, 0.4) is 0 Å². The molecule has 0 unspecified atom stereocenters. The molecule has 0 saturated carbocycles. The zero-order valence-corrected chi connectivity index (χ0v) is 30.1. The van der Waals surface area contributed by atoms with E-state index in [1.807, 2.05) is 103 Å². The van der Waals surface area contributed by atoms with Crippen molar-refractivity contribution in [3.63, 3.8) is 0 Å². The van der Waals surface area contributed by atoms with Gasteiger partial charge in [0, 0.05) is 54.4 Å². The van der Waals surface area contributed by atoms with Gasteiger partial charge in [-0.1, -0.05) is 97.1 Å². The molecule has 0 radical (unpaired) electrons. The van der Waals surface area contributed by atoms with Crippen molar-refractivity contribution in [2.45, 2.75) is 6.92 Å². The molecular formula is C49H30O8. The van der Waals surface area contributed by atoms with E-state index in [1.54, 1.807) is 18.2 Å². The first-order chi connectivity index (χ1) is 27.6. The van der Waals surface area contributed by atoms with Gasteiger partial charge in [-0.15, -0.1) is 0 Å². The molecule has 274 valence electrons. The first-order valence-corrected chi connectivity index (χ1v) is 18.3. The molecule has 1 heterocycles. The zero-order valence-electron chi connectivity index (χ0n) is 30.1. The Balaban J connectivity index is 1.37. The van der Waals surface area contributed by atoms with Crippen molar-refractivity contribution in [2.75, 3.05) is 0 Å². The molecule has 7 N–H and O–H groups in total. The van der Waals surface area contributed by atoms with Crippen molar-refractivity contribution in [3.05, 3.63) is 127 Å². The van der Waals surface area contributed by atoms with Crippen molar-refractivity contribution in [3.8, 4) is 62.5 Å². The maximum Gasteiger partial charge on any atom is 0.204 e. The van der Waals surface area contributed by atoms with Gasteiger partial charge in [0.05, 0.1) is 0 Å². The maximum absolute atomic E-state index is 12.2. The van der Waals surface area contributed by atoms with Crippen molar-refractivity contribution >= 4 is 86.6 Å². The smallest absolute Gasteiger partial charge is 0.204 e. The third-order valence-corrected chi connectivity index (χ3v) is 11.7. The van der Waals surface area contributed by atoms with Crippen LogP contribution in [0.4, 0.5) is 0 Å². The summed E-state index contributed by atoms with van der Waals surface area (Å²) in [6.45, 7) is 1.46. The highest BCUT2D eigenvalue weighted by molar-refractivity contribution is 6.33. The highest BCUT2D eigenvalue weighted by Gasteiger charge is 2.32. The SMILES string of the molecule is Cc1c(O)c(O)c2c(-c3ccc4oc5c6ccccc6ccc5c4c3)c3c(O)c(O)c(O)c(O)c3c(-c3cc4ccc5ccccc5c4c4ccccc34)c2c1O. The van der Waals surface area contributed by atoms with Gasteiger partial charge in [-0.2, -0.15) is 0 Å². The summed E-state index contributed by atoms with van der Waals surface area (Å²) in [5.41, 5.74) is 2.28. The monoisotopic (exact) mass is 746 g/mol. The molecule has 1 aromatic heterocycles. The quantitative estimate of drug-likeness (QED) is 0.0399. The van der Waals surface area contributed by atoms with E-state index in [0.717, 1.165) is 43.1 Å². The molecule has 8 nitrogen and oxygen atoms in total. The average Bonchev–Trinajstić information content (AvgIpc) is 3.63. The van der Waals surface area contributed by atoms with Crippen molar-refractivity contribution in [2.24, 2.45) is 0 Å². The Morgan fingerprint density at radius 2 is 0.912 bits per heavy atom. The number of aromatic hydroxyl groups is 7. The van der Waals surface area contributed by atoms with Crippen molar-refractivity contribution < 1.29 is 40.2 Å². The Hall–Kier alpha value is -7.84. The first kappa shape index (κ1) is 32.6. The summed E-state index contributed by atoms with van der Waals surface area (Å²) in [7, 11) is 0. The molecule has 0 aliphatic carbocycles. The number of fused-ring (bicyclic) bond motifs is 12. The fourth-order valence-corrected chi connectivity index (χ4v) is 9.06. The van der Waals surface area contributed by atoms with Crippen LogP contribution in [0.25, 0.3) is 109 Å². The van der Waals surface area contributed by atoms with Crippen LogP contribution in [0.15, 0.2) is 126 Å². The van der Waals surface area contributed by atoms with E-state index in [2.05, 4.69) is 0 Å². The molecule has 0 aliphatic rings. The van der Waals surface area contributed by atoms with E-state index in [1.165, 1.54) is 6.92 Å². The molecule has 10 aromatic carbocycles. The van der Waals surface area contributed by atoms with Gasteiger partial charge in [-0.05, 0) is 80.0 Å². The van der Waals surface area contributed by atoms with Crippen LogP contribution in [-0.2, 0) is 0 Å². The third kappa shape index (κ3) is 4.21. The lowest BCUT2D eigenvalue weighted by molar-refractivity contribution is 0.351. The van der Waals surface area contributed by atoms with Crippen LogP contribution in [0.2, 0.25) is 0 Å². The Bertz CT molecular complexity index is 3540. The molecule has 11 aromatic rings. The number of hydrogen-bond acceptors (Lipinski definition) is 8. The molecule has 0 atom stereocenters. The van der Waals surface area contributed by atoms with Gasteiger partial charge in [0.1, 0.15) is 16.9 Å². The Labute approximate surface area is 322 Å². The number of phenols is 7. The molecule has 57 heavy (non-hydrogen) atoms. The lowest BCUT2D eigenvalue weighted by Crippen LogP contribution is -1.96. The molecule has 0 fully saturated rings. The topological polar surface area (TPSA) is 155 Å². The van der Waals surface area contributed by atoms with Crippen LogP contribution < -0.4 is 0 Å². The molecule has 0 amide bonds. The molecule has 0 aliphatic heterocycles. The van der Waals surface area contributed by atoms with Crippen molar-refractivity contribution in [1.82, 2.24) is 0 Å².